The van der Waals surface area contributed by atoms with Crippen molar-refractivity contribution >= 4 is 11.8 Å². The topological polar surface area (TPSA) is 58.2 Å². The van der Waals surface area contributed by atoms with Crippen molar-refractivity contribution in [1.29, 1.82) is 0 Å². The molecule has 2 N–H and O–H groups in total. The van der Waals surface area contributed by atoms with Crippen LogP contribution in [0.5, 0.6) is 0 Å². The van der Waals surface area contributed by atoms with Crippen molar-refractivity contribution in [3.63, 3.8) is 0 Å². The summed E-state index contributed by atoms with van der Waals surface area (Å²) in [5.74, 6) is 1.07. The van der Waals surface area contributed by atoms with E-state index < -0.39 is 0 Å². The maximum Gasteiger partial charge on any atom is 0.220 e. The van der Waals surface area contributed by atoms with Gasteiger partial charge >= 0.3 is 0 Å². The first-order valence-corrected chi connectivity index (χ1v) is 7.21. The van der Waals surface area contributed by atoms with E-state index >= 15 is 0 Å². The highest BCUT2D eigenvalue weighted by atomic mass is 16.2. The third kappa shape index (κ3) is 5.45. The summed E-state index contributed by atoms with van der Waals surface area (Å²) < 4.78 is 0. The first kappa shape index (κ1) is 15.7. The van der Waals surface area contributed by atoms with Crippen LogP contribution < -0.4 is 10.6 Å². The molecule has 108 valence electrons. The first-order valence-electron chi connectivity index (χ1n) is 7.21. The predicted molar refractivity (Wildman–Crippen MR) is 76.6 cm³/mol. The molecule has 1 aliphatic rings. The Morgan fingerprint density at radius 3 is 2.58 bits per heavy atom. The summed E-state index contributed by atoms with van der Waals surface area (Å²) in [7, 11) is 0. The Kier molecular flexibility index (Phi) is 6.60. The number of carbonyl (C=O) groups excluding carboxylic acids is 2. The van der Waals surface area contributed by atoms with Crippen LogP contribution >= 0.6 is 0 Å². The molecule has 4 heteroatoms. The van der Waals surface area contributed by atoms with Gasteiger partial charge < -0.3 is 10.6 Å². The van der Waals surface area contributed by atoms with Crippen LogP contribution in [-0.2, 0) is 9.59 Å². The molecule has 1 rings (SSSR count). The molecular formula is C15H26N2O2. The minimum atomic E-state index is -0.0971. The Labute approximate surface area is 116 Å². The molecule has 19 heavy (non-hydrogen) atoms. The molecule has 1 fully saturated rings. The molecule has 2 amide bonds. The SMILES string of the molecule is C=CCNC(=O)CCC(=O)N[C@H]1CCC[C@@H](C)[C@H]1C. The molecular weight excluding hydrogens is 240 g/mol. The predicted octanol–water partition coefficient (Wildman–Crippen LogP) is 2.01. The quantitative estimate of drug-likeness (QED) is 0.723. The van der Waals surface area contributed by atoms with Crippen LogP contribution in [0.2, 0.25) is 0 Å². The van der Waals surface area contributed by atoms with Crippen LogP contribution in [0.15, 0.2) is 12.7 Å². The summed E-state index contributed by atoms with van der Waals surface area (Å²) >= 11 is 0. The summed E-state index contributed by atoms with van der Waals surface area (Å²) in [6.07, 6.45) is 5.62. The highest BCUT2D eigenvalue weighted by Crippen LogP contribution is 2.29. The molecule has 1 saturated carbocycles. The van der Waals surface area contributed by atoms with Gasteiger partial charge in [0, 0.05) is 25.4 Å². The molecule has 3 atom stereocenters. The van der Waals surface area contributed by atoms with Crippen LogP contribution in [0.25, 0.3) is 0 Å². The van der Waals surface area contributed by atoms with Crippen molar-refractivity contribution in [3.05, 3.63) is 12.7 Å². The molecule has 0 saturated heterocycles. The van der Waals surface area contributed by atoms with Crippen molar-refractivity contribution in [1.82, 2.24) is 10.6 Å². The van der Waals surface area contributed by atoms with Crippen molar-refractivity contribution in [3.8, 4) is 0 Å². The maximum atomic E-state index is 11.8. The lowest BCUT2D eigenvalue weighted by atomic mass is 9.78. The molecule has 0 aliphatic heterocycles. The highest BCUT2D eigenvalue weighted by Gasteiger charge is 2.27. The van der Waals surface area contributed by atoms with Gasteiger partial charge in [-0.3, -0.25) is 9.59 Å². The summed E-state index contributed by atoms with van der Waals surface area (Å²) in [6, 6.07) is 0.271. The molecule has 0 aromatic carbocycles. The van der Waals surface area contributed by atoms with Crippen LogP contribution in [-0.4, -0.2) is 24.4 Å². The van der Waals surface area contributed by atoms with Crippen LogP contribution in [0.3, 0.4) is 0 Å². The molecule has 0 heterocycles. The normalized spacial score (nSPS) is 26.5. The third-order valence-corrected chi connectivity index (χ3v) is 4.08. The molecule has 0 aromatic rings. The Morgan fingerprint density at radius 1 is 1.21 bits per heavy atom. The lowest BCUT2D eigenvalue weighted by Gasteiger charge is -2.34. The Bertz CT molecular complexity index is 328. The first-order chi connectivity index (χ1) is 9.04. The number of rotatable bonds is 6. The molecule has 0 aromatic heterocycles. The largest absolute Gasteiger partial charge is 0.353 e. The van der Waals surface area contributed by atoms with Gasteiger partial charge in [-0.25, -0.2) is 0 Å². The van der Waals surface area contributed by atoms with E-state index in [-0.39, 0.29) is 30.7 Å². The fourth-order valence-electron chi connectivity index (χ4n) is 2.57. The van der Waals surface area contributed by atoms with Gasteiger partial charge in [0.1, 0.15) is 0 Å². The van der Waals surface area contributed by atoms with Crippen LogP contribution in [0.1, 0.15) is 46.0 Å². The summed E-state index contributed by atoms with van der Waals surface area (Å²) in [5.41, 5.74) is 0. The van der Waals surface area contributed by atoms with E-state index in [0.717, 1.165) is 6.42 Å². The molecule has 1 aliphatic carbocycles. The van der Waals surface area contributed by atoms with Crippen LogP contribution in [0, 0.1) is 11.8 Å². The van der Waals surface area contributed by atoms with E-state index in [1.54, 1.807) is 6.08 Å². The minimum Gasteiger partial charge on any atom is -0.353 e. The lowest BCUT2D eigenvalue weighted by Crippen LogP contribution is -2.43. The molecule has 0 unspecified atom stereocenters. The monoisotopic (exact) mass is 266 g/mol. The van der Waals surface area contributed by atoms with Crippen molar-refractivity contribution in [2.75, 3.05) is 6.54 Å². The number of hydrogen-bond acceptors (Lipinski definition) is 2. The summed E-state index contributed by atoms with van der Waals surface area (Å²) in [5, 5.41) is 5.74. The molecule has 0 bridgehead atoms. The van der Waals surface area contributed by atoms with Gasteiger partial charge in [-0.15, -0.1) is 6.58 Å². The number of carbonyl (C=O) groups is 2. The average Bonchev–Trinajstić information content (AvgIpc) is 2.39. The zero-order valence-corrected chi connectivity index (χ0v) is 12.1. The highest BCUT2D eigenvalue weighted by molar-refractivity contribution is 5.83. The fraction of sp³-hybridized carbons (Fsp3) is 0.733. The van der Waals surface area contributed by atoms with Crippen molar-refractivity contribution in [2.24, 2.45) is 11.8 Å². The maximum absolute atomic E-state index is 11.8. The second kappa shape index (κ2) is 7.97. The Hall–Kier alpha value is -1.32. The van der Waals surface area contributed by atoms with Gasteiger partial charge in [-0.05, 0) is 18.3 Å². The minimum absolute atomic E-state index is 0.0142. The zero-order chi connectivity index (χ0) is 14.3. The van der Waals surface area contributed by atoms with E-state index in [0.29, 0.717) is 18.4 Å². The summed E-state index contributed by atoms with van der Waals surface area (Å²) in [6.45, 7) is 8.42. The van der Waals surface area contributed by atoms with Crippen LogP contribution in [0.4, 0.5) is 0 Å². The third-order valence-electron chi connectivity index (χ3n) is 4.08. The van der Waals surface area contributed by atoms with Gasteiger partial charge in [0.25, 0.3) is 0 Å². The molecule has 0 radical (unpaired) electrons. The van der Waals surface area contributed by atoms with Gasteiger partial charge in [0.15, 0.2) is 0 Å². The lowest BCUT2D eigenvalue weighted by molar-refractivity contribution is -0.127. The summed E-state index contributed by atoms with van der Waals surface area (Å²) in [4.78, 5) is 23.2. The van der Waals surface area contributed by atoms with Crippen molar-refractivity contribution < 1.29 is 9.59 Å². The Morgan fingerprint density at radius 2 is 1.89 bits per heavy atom. The van der Waals surface area contributed by atoms with E-state index in [9.17, 15) is 9.59 Å². The van der Waals surface area contributed by atoms with Gasteiger partial charge in [-0.1, -0.05) is 32.8 Å². The van der Waals surface area contributed by atoms with E-state index in [1.165, 1.54) is 12.8 Å². The van der Waals surface area contributed by atoms with Gasteiger partial charge in [0.05, 0.1) is 0 Å². The van der Waals surface area contributed by atoms with Crippen molar-refractivity contribution in [2.45, 2.75) is 52.0 Å². The van der Waals surface area contributed by atoms with E-state index in [2.05, 4.69) is 31.1 Å². The second-order valence-corrected chi connectivity index (χ2v) is 5.53. The fourth-order valence-corrected chi connectivity index (χ4v) is 2.57. The number of nitrogens with one attached hydrogen (secondary N) is 2. The average molecular weight is 266 g/mol. The van der Waals surface area contributed by atoms with E-state index in [1.807, 2.05) is 0 Å². The number of amides is 2. The number of hydrogen-bond donors (Lipinski definition) is 2. The van der Waals surface area contributed by atoms with Gasteiger partial charge in [-0.2, -0.15) is 0 Å². The molecule has 4 nitrogen and oxygen atoms in total. The smallest absolute Gasteiger partial charge is 0.220 e. The van der Waals surface area contributed by atoms with E-state index in [4.69, 9.17) is 0 Å². The molecule has 0 spiro atoms. The zero-order valence-electron chi connectivity index (χ0n) is 12.1. The van der Waals surface area contributed by atoms with Gasteiger partial charge in [0.2, 0.25) is 11.8 Å². The standard InChI is InChI=1S/C15H26N2O2/c1-4-10-16-14(18)8-9-15(19)17-13-7-5-6-11(2)12(13)3/h4,11-13H,1,5-10H2,2-3H3,(H,16,18)(H,17,19)/t11-,12-,13+/m1/s1. The second-order valence-electron chi connectivity index (χ2n) is 5.53. The Balaban J connectivity index is 2.26.